The van der Waals surface area contributed by atoms with Gasteiger partial charge in [-0.3, -0.25) is 5.41 Å². The Hall–Kier alpha value is -0.620. The number of sulfonamides is 1. The monoisotopic (exact) mass is 261 g/mol. The second-order valence-corrected chi connectivity index (χ2v) is 7.89. The molecule has 0 bridgehead atoms. The van der Waals surface area contributed by atoms with E-state index in [1.54, 1.807) is 0 Å². The maximum Gasteiger partial charge on any atom is 0.214 e. The molecule has 0 aromatic heterocycles. The number of nitrogens with two attached hydrogens (primary N) is 1. The van der Waals surface area contributed by atoms with Gasteiger partial charge in [0.05, 0.1) is 11.8 Å². The summed E-state index contributed by atoms with van der Waals surface area (Å²) in [6.45, 7) is 6.57. The molecule has 1 unspecified atom stereocenters. The van der Waals surface area contributed by atoms with Crippen molar-refractivity contribution in [2.45, 2.75) is 46.1 Å². The molecule has 100 valence electrons. The SMILES string of the molecule is CC(C)(C)CCS(=O)(=O)N1CCCC1C(=N)N. The third-order valence-corrected chi connectivity index (χ3v) is 4.90. The molecule has 1 heterocycles. The van der Waals surface area contributed by atoms with Gasteiger partial charge in [0.15, 0.2) is 0 Å². The molecule has 1 aliphatic heterocycles. The predicted octanol–water partition coefficient (Wildman–Crippen LogP) is 1.15. The summed E-state index contributed by atoms with van der Waals surface area (Å²) in [6.07, 6.45) is 2.08. The minimum atomic E-state index is -3.27. The molecule has 0 aromatic rings. The first kappa shape index (κ1) is 14.4. The lowest BCUT2D eigenvalue weighted by Gasteiger charge is -2.25. The van der Waals surface area contributed by atoms with E-state index in [1.807, 2.05) is 20.8 Å². The number of hydrogen-bond donors (Lipinski definition) is 2. The predicted molar refractivity (Wildman–Crippen MR) is 69.5 cm³/mol. The van der Waals surface area contributed by atoms with Gasteiger partial charge in [0.2, 0.25) is 10.0 Å². The van der Waals surface area contributed by atoms with Gasteiger partial charge in [-0.15, -0.1) is 0 Å². The lowest BCUT2D eigenvalue weighted by Crippen LogP contribution is -2.44. The van der Waals surface area contributed by atoms with Crippen molar-refractivity contribution in [3.8, 4) is 0 Å². The number of hydrogen-bond acceptors (Lipinski definition) is 3. The molecule has 0 radical (unpaired) electrons. The van der Waals surface area contributed by atoms with Gasteiger partial charge in [-0.25, -0.2) is 8.42 Å². The summed E-state index contributed by atoms with van der Waals surface area (Å²) in [5.41, 5.74) is 5.44. The van der Waals surface area contributed by atoms with Crippen LogP contribution >= 0.6 is 0 Å². The van der Waals surface area contributed by atoms with Gasteiger partial charge >= 0.3 is 0 Å². The first-order valence-electron chi connectivity index (χ1n) is 5.97. The average molecular weight is 261 g/mol. The Morgan fingerprint density at radius 2 is 2.06 bits per heavy atom. The normalized spacial score (nSPS) is 22.9. The third kappa shape index (κ3) is 3.96. The van der Waals surface area contributed by atoms with Gasteiger partial charge in [0.25, 0.3) is 0 Å². The zero-order valence-corrected chi connectivity index (χ0v) is 11.7. The second kappa shape index (κ2) is 4.94. The molecule has 1 aliphatic rings. The zero-order chi connectivity index (χ0) is 13.3. The van der Waals surface area contributed by atoms with Crippen molar-refractivity contribution in [3.63, 3.8) is 0 Å². The molecule has 3 N–H and O–H groups in total. The van der Waals surface area contributed by atoms with E-state index in [0.717, 1.165) is 6.42 Å². The minimum Gasteiger partial charge on any atom is -0.386 e. The Kier molecular flexibility index (Phi) is 4.19. The molecule has 1 atom stereocenters. The van der Waals surface area contributed by atoms with Crippen LogP contribution in [0.25, 0.3) is 0 Å². The lowest BCUT2D eigenvalue weighted by molar-refractivity contribution is 0.385. The average Bonchev–Trinajstić information content (AvgIpc) is 2.62. The van der Waals surface area contributed by atoms with Crippen LogP contribution < -0.4 is 5.73 Å². The van der Waals surface area contributed by atoms with E-state index in [1.165, 1.54) is 4.31 Å². The van der Waals surface area contributed by atoms with Gasteiger partial charge in [-0.05, 0) is 24.7 Å². The summed E-state index contributed by atoms with van der Waals surface area (Å²) in [7, 11) is -3.27. The van der Waals surface area contributed by atoms with Gasteiger partial charge in [-0.1, -0.05) is 20.8 Å². The molecule has 5 nitrogen and oxygen atoms in total. The van der Waals surface area contributed by atoms with Crippen LogP contribution in [0.15, 0.2) is 0 Å². The van der Waals surface area contributed by atoms with Crippen molar-refractivity contribution in [2.24, 2.45) is 11.1 Å². The summed E-state index contributed by atoms with van der Waals surface area (Å²) >= 11 is 0. The fraction of sp³-hybridized carbons (Fsp3) is 0.909. The fourth-order valence-corrected chi connectivity index (χ4v) is 4.06. The number of nitrogens with zero attached hydrogens (tertiary/aromatic N) is 1. The van der Waals surface area contributed by atoms with Crippen molar-refractivity contribution in [1.29, 1.82) is 5.41 Å². The molecule has 0 aromatic carbocycles. The molecule has 0 spiro atoms. The molecule has 1 rings (SSSR count). The van der Waals surface area contributed by atoms with Crippen LogP contribution in [0.1, 0.15) is 40.0 Å². The van der Waals surface area contributed by atoms with Crippen molar-refractivity contribution in [1.82, 2.24) is 4.31 Å². The molecular formula is C11H23N3O2S. The van der Waals surface area contributed by atoms with Crippen LogP contribution in [0, 0.1) is 10.8 Å². The number of nitrogens with one attached hydrogen (secondary N) is 1. The van der Waals surface area contributed by atoms with Crippen LogP contribution in [0.3, 0.4) is 0 Å². The molecule has 0 aliphatic carbocycles. The minimum absolute atomic E-state index is 0.00147. The highest BCUT2D eigenvalue weighted by Gasteiger charge is 2.36. The van der Waals surface area contributed by atoms with Gasteiger partial charge < -0.3 is 5.73 Å². The van der Waals surface area contributed by atoms with Gasteiger partial charge in [0, 0.05) is 6.54 Å². The Balaban J connectivity index is 2.73. The Bertz CT molecular complexity index is 384. The molecular weight excluding hydrogens is 238 g/mol. The molecule has 6 heteroatoms. The maximum atomic E-state index is 12.2. The Morgan fingerprint density at radius 3 is 2.53 bits per heavy atom. The van der Waals surface area contributed by atoms with E-state index >= 15 is 0 Å². The topological polar surface area (TPSA) is 87.2 Å². The van der Waals surface area contributed by atoms with E-state index in [0.29, 0.717) is 19.4 Å². The quantitative estimate of drug-likeness (QED) is 0.588. The van der Waals surface area contributed by atoms with Crippen LogP contribution in [0.4, 0.5) is 0 Å². The van der Waals surface area contributed by atoms with E-state index in [4.69, 9.17) is 11.1 Å². The number of amidine groups is 1. The zero-order valence-electron chi connectivity index (χ0n) is 10.9. The third-order valence-electron chi connectivity index (χ3n) is 3.03. The van der Waals surface area contributed by atoms with Crippen LogP contribution in [0.5, 0.6) is 0 Å². The van der Waals surface area contributed by atoms with E-state index in [-0.39, 0.29) is 17.0 Å². The maximum absolute atomic E-state index is 12.2. The van der Waals surface area contributed by atoms with Crippen LogP contribution in [0.2, 0.25) is 0 Å². The first-order valence-corrected chi connectivity index (χ1v) is 7.58. The van der Waals surface area contributed by atoms with E-state index < -0.39 is 16.1 Å². The molecule has 0 saturated carbocycles. The van der Waals surface area contributed by atoms with Crippen molar-refractivity contribution >= 4 is 15.9 Å². The van der Waals surface area contributed by atoms with Crippen LogP contribution in [-0.2, 0) is 10.0 Å². The van der Waals surface area contributed by atoms with E-state index in [2.05, 4.69) is 0 Å². The molecule has 1 saturated heterocycles. The largest absolute Gasteiger partial charge is 0.386 e. The fourth-order valence-electron chi connectivity index (χ4n) is 1.94. The molecule has 0 amide bonds. The summed E-state index contributed by atoms with van der Waals surface area (Å²) in [4.78, 5) is 0. The highest BCUT2D eigenvalue weighted by atomic mass is 32.2. The highest BCUT2D eigenvalue weighted by Crippen LogP contribution is 2.25. The summed E-state index contributed by atoms with van der Waals surface area (Å²) in [5.74, 6) is 0.0992. The van der Waals surface area contributed by atoms with Gasteiger partial charge in [-0.2, -0.15) is 4.31 Å². The first-order chi connectivity index (χ1) is 7.63. The Labute approximate surface area is 104 Å². The van der Waals surface area contributed by atoms with Crippen molar-refractivity contribution in [3.05, 3.63) is 0 Å². The molecule has 17 heavy (non-hydrogen) atoms. The summed E-state index contributed by atoms with van der Waals surface area (Å²) < 4.78 is 25.7. The molecule has 1 fully saturated rings. The highest BCUT2D eigenvalue weighted by molar-refractivity contribution is 7.89. The van der Waals surface area contributed by atoms with Gasteiger partial charge in [0.1, 0.15) is 5.84 Å². The number of rotatable bonds is 4. The smallest absolute Gasteiger partial charge is 0.214 e. The summed E-state index contributed by atoms with van der Waals surface area (Å²) in [5, 5.41) is 7.43. The van der Waals surface area contributed by atoms with Crippen molar-refractivity contribution in [2.75, 3.05) is 12.3 Å². The Morgan fingerprint density at radius 1 is 1.47 bits per heavy atom. The van der Waals surface area contributed by atoms with E-state index in [9.17, 15) is 8.42 Å². The van der Waals surface area contributed by atoms with Crippen LogP contribution in [-0.4, -0.2) is 36.9 Å². The summed E-state index contributed by atoms with van der Waals surface area (Å²) in [6, 6.07) is -0.417. The van der Waals surface area contributed by atoms with Crippen molar-refractivity contribution < 1.29 is 8.42 Å². The second-order valence-electron chi connectivity index (χ2n) is 5.85. The standard InChI is InChI=1S/C11H23N3O2S/c1-11(2,3)6-8-17(15,16)14-7-4-5-9(14)10(12)13/h9H,4-8H2,1-3H3,(H3,12,13). The lowest BCUT2D eigenvalue weighted by atomic mass is 9.94.